The molecule has 2 aromatic rings. The average Bonchev–Trinajstić information content (AvgIpc) is 2.54. The number of nitrogens with one attached hydrogen (secondary N) is 1. The van der Waals surface area contributed by atoms with Gasteiger partial charge in [-0.2, -0.15) is 0 Å². The summed E-state index contributed by atoms with van der Waals surface area (Å²) < 4.78 is 0. The van der Waals surface area contributed by atoms with E-state index in [9.17, 15) is 9.59 Å². The Kier molecular flexibility index (Phi) is 6.43. The molecule has 0 fully saturated rings. The zero-order valence-corrected chi connectivity index (χ0v) is 16.4. The van der Waals surface area contributed by atoms with E-state index in [0.29, 0.717) is 17.3 Å². The first-order valence-corrected chi connectivity index (χ1v) is 8.98. The molecule has 2 rings (SSSR count). The van der Waals surface area contributed by atoms with Crippen molar-refractivity contribution in [2.45, 2.75) is 39.5 Å². The van der Waals surface area contributed by atoms with Crippen LogP contribution in [0.2, 0.25) is 5.02 Å². The minimum Gasteiger partial charge on any atom is -0.326 e. The summed E-state index contributed by atoms with van der Waals surface area (Å²) in [6.45, 7) is 8.21. The summed E-state index contributed by atoms with van der Waals surface area (Å²) in [5.41, 5.74) is 2.72. The van der Waals surface area contributed by atoms with Crippen LogP contribution >= 0.6 is 11.6 Å². The number of halogens is 1. The minimum absolute atomic E-state index is 0.0709. The maximum atomic E-state index is 12.2. The topological polar surface area (TPSA) is 49.4 Å². The monoisotopic (exact) mass is 372 g/mol. The van der Waals surface area contributed by atoms with Crippen LogP contribution in [0.3, 0.4) is 0 Å². The summed E-state index contributed by atoms with van der Waals surface area (Å²) >= 11 is 5.99. The van der Waals surface area contributed by atoms with Crippen LogP contribution in [0.4, 0.5) is 11.4 Å². The third-order valence-electron chi connectivity index (χ3n) is 4.10. The fourth-order valence-corrected chi connectivity index (χ4v) is 2.79. The van der Waals surface area contributed by atoms with Gasteiger partial charge in [0.15, 0.2) is 0 Å². The van der Waals surface area contributed by atoms with Gasteiger partial charge in [0.25, 0.3) is 0 Å². The fraction of sp³-hybridized carbons (Fsp3) is 0.333. The van der Waals surface area contributed by atoms with E-state index in [1.54, 1.807) is 29.2 Å². The smallest absolute Gasteiger partial charge is 0.226 e. The minimum atomic E-state index is -0.137. The van der Waals surface area contributed by atoms with Crippen molar-refractivity contribution in [1.82, 2.24) is 0 Å². The highest BCUT2D eigenvalue weighted by atomic mass is 35.5. The fourth-order valence-electron chi connectivity index (χ4n) is 2.60. The normalized spacial score (nSPS) is 11.1. The molecule has 138 valence electrons. The van der Waals surface area contributed by atoms with Gasteiger partial charge in [-0.3, -0.25) is 9.59 Å². The number of anilines is 2. The Hall–Kier alpha value is -2.33. The standard InChI is InChI=1S/C21H25ClN2O2/c1-15(25)24(19-7-5-6-17(22)14-19)13-12-20(26)23-18-10-8-16(9-11-18)21(2,3)4/h5-11,14H,12-13H2,1-4H3,(H,23,26). The lowest BCUT2D eigenvalue weighted by Gasteiger charge is -2.21. The van der Waals surface area contributed by atoms with Crippen molar-refractivity contribution in [2.75, 3.05) is 16.8 Å². The van der Waals surface area contributed by atoms with Crippen molar-refractivity contribution in [3.8, 4) is 0 Å². The van der Waals surface area contributed by atoms with Gasteiger partial charge in [-0.1, -0.05) is 50.6 Å². The molecular weight excluding hydrogens is 348 g/mol. The average molecular weight is 373 g/mol. The first-order valence-electron chi connectivity index (χ1n) is 8.61. The molecule has 4 nitrogen and oxygen atoms in total. The van der Waals surface area contributed by atoms with Crippen LogP contribution in [0, 0.1) is 0 Å². The van der Waals surface area contributed by atoms with Gasteiger partial charge >= 0.3 is 0 Å². The summed E-state index contributed by atoms with van der Waals surface area (Å²) in [5, 5.41) is 3.43. The molecule has 0 saturated carbocycles. The summed E-state index contributed by atoms with van der Waals surface area (Å²) in [7, 11) is 0. The van der Waals surface area contributed by atoms with Gasteiger partial charge in [0, 0.05) is 36.3 Å². The molecule has 0 heterocycles. The second kappa shape index (κ2) is 8.37. The summed E-state index contributed by atoms with van der Waals surface area (Å²) in [6.07, 6.45) is 0.202. The van der Waals surface area contributed by atoms with Crippen LogP contribution in [-0.4, -0.2) is 18.4 Å². The van der Waals surface area contributed by atoms with Crippen molar-refractivity contribution in [3.63, 3.8) is 0 Å². The van der Waals surface area contributed by atoms with Crippen molar-refractivity contribution in [2.24, 2.45) is 0 Å². The summed E-state index contributed by atoms with van der Waals surface area (Å²) in [5.74, 6) is -0.267. The second-order valence-corrected chi connectivity index (χ2v) is 7.71. The highest BCUT2D eigenvalue weighted by molar-refractivity contribution is 6.30. The van der Waals surface area contributed by atoms with E-state index in [1.807, 2.05) is 24.3 Å². The number of benzene rings is 2. The van der Waals surface area contributed by atoms with Crippen molar-refractivity contribution < 1.29 is 9.59 Å². The quantitative estimate of drug-likeness (QED) is 0.801. The maximum Gasteiger partial charge on any atom is 0.226 e. The van der Waals surface area contributed by atoms with E-state index in [2.05, 4.69) is 26.1 Å². The van der Waals surface area contributed by atoms with Crippen LogP contribution in [0.15, 0.2) is 48.5 Å². The molecule has 0 radical (unpaired) electrons. The van der Waals surface area contributed by atoms with E-state index in [0.717, 1.165) is 5.69 Å². The summed E-state index contributed by atoms with van der Waals surface area (Å²) in [4.78, 5) is 25.7. The molecule has 0 bridgehead atoms. The zero-order chi connectivity index (χ0) is 19.3. The number of rotatable bonds is 5. The van der Waals surface area contributed by atoms with Crippen LogP contribution in [-0.2, 0) is 15.0 Å². The highest BCUT2D eigenvalue weighted by Gasteiger charge is 2.15. The number of carbonyl (C=O) groups is 2. The molecule has 0 saturated heterocycles. The van der Waals surface area contributed by atoms with Gasteiger partial charge in [-0.25, -0.2) is 0 Å². The Bertz CT molecular complexity index is 779. The third-order valence-corrected chi connectivity index (χ3v) is 4.33. The predicted molar refractivity (Wildman–Crippen MR) is 108 cm³/mol. The molecule has 0 spiro atoms. The molecular formula is C21H25ClN2O2. The van der Waals surface area contributed by atoms with E-state index in [4.69, 9.17) is 11.6 Å². The zero-order valence-electron chi connectivity index (χ0n) is 15.7. The molecule has 0 aliphatic heterocycles. The first-order chi connectivity index (χ1) is 12.2. The van der Waals surface area contributed by atoms with Crippen molar-refractivity contribution in [1.29, 1.82) is 0 Å². The number of hydrogen-bond acceptors (Lipinski definition) is 2. The Morgan fingerprint density at radius 2 is 1.73 bits per heavy atom. The molecule has 1 N–H and O–H groups in total. The Morgan fingerprint density at radius 1 is 1.08 bits per heavy atom. The van der Waals surface area contributed by atoms with Gasteiger partial charge < -0.3 is 10.2 Å². The predicted octanol–water partition coefficient (Wildman–Crippen LogP) is 5.02. The lowest BCUT2D eigenvalue weighted by atomic mass is 9.87. The molecule has 0 aliphatic rings. The number of nitrogens with zero attached hydrogens (tertiary/aromatic N) is 1. The Labute approximate surface area is 160 Å². The van der Waals surface area contributed by atoms with Crippen LogP contribution in [0.5, 0.6) is 0 Å². The Balaban J connectivity index is 1.97. The van der Waals surface area contributed by atoms with Crippen LogP contribution < -0.4 is 10.2 Å². The highest BCUT2D eigenvalue weighted by Crippen LogP contribution is 2.24. The SMILES string of the molecule is CC(=O)N(CCC(=O)Nc1ccc(C(C)(C)C)cc1)c1cccc(Cl)c1. The molecule has 0 unspecified atom stereocenters. The Morgan fingerprint density at radius 3 is 2.27 bits per heavy atom. The first kappa shape index (κ1) is 20.0. The van der Waals surface area contributed by atoms with E-state index < -0.39 is 0 Å². The second-order valence-electron chi connectivity index (χ2n) is 7.28. The lowest BCUT2D eigenvalue weighted by Crippen LogP contribution is -2.31. The molecule has 5 heteroatoms. The van der Waals surface area contributed by atoms with Crippen LogP contribution in [0.1, 0.15) is 39.7 Å². The molecule has 0 aromatic heterocycles. The van der Waals surface area contributed by atoms with Gasteiger partial charge in [0.2, 0.25) is 11.8 Å². The van der Waals surface area contributed by atoms with Crippen LogP contribution in [0.25, 0.3) is 0 Å². The van der Waals surface area contributed by atoms with E-state index in [1.165, 1.54) is 12.5 Å². The van der Waals surface area contributed by atoms with Gasteiger partial charge in [0.1, 0.15) is 0 Å². The number of amides is 2. The number of hydrogen-bond donors (Lipinski definition) is 1. The lowest BCUT2D eigenvalue weighted by molar-refractivity contribution is -0.117. The molecule has 0 aliphatic carbocycles. The van der Waals surface area contributed by atoms with E-state index >= 15 is 0 Å². The molecule has 0 atom stereocenters. The molecule has 2 aromatic carbocycles. The van der Waals surface area contributed by atoms with Gasteiger partial charge in [-0.05, 0) is 41.3 Å². The number of carbonyl (C=O) groups excluding carboxylic acids is 2. The van der Waals surface area contributed by atoms with Gasteiger partial charge in [-0.15, -0.1) is 0 Å². The summed E-state index contributed by atoms with van der Waals surface area (Å²) in [6, 6.07) is 14.9. The molecule has 26 heavy (non-hydrogen) atoms. The molecule has 2 amide bonds. The maximum absolute atomic E-state index is 12.2. The van der Waals surface area contributed by atoms with Crippen molar-refractivity contribution >= 4 is 34.8 Å². The largest absolute Gasteiger partial charge is 0.326 e. The van der Waals surface area contributed by atoms with Gasteiger partial charge in [0.05, 0.1) is 0 Å². The van der Waals surface area contributed by atoms with Crippen molar-refractivity contribution in [3.05, 3.63) is 59.1 Å². The van der Waals surface area contributed by atoms with E-state index in [-0.39, 0.29) is 23.7 Å². The third kappa shape index (κ3) is 5.60.